The van der Waals surface area contributed by atoms with E-state index in [2.05, 4.69) is 5.32 Å². The van der Waals surface area contributed by atoms with Crippen LogP contribution < -0.4 is 11.1 Å². The van der Waals surface area contributed by atoms with Crippen LogP contribution in [-0.4, -0.2) is 11.9 Å². The topological polar surface area (TPSA) is 55.1 Å². The number of amides is 1. The molecule has 0 bridgehead atoms. The molecule has 1 aromatic rings. The van der Waals surface area contributed by atoms with Crippen molar-refractivity contribution in [2.45, 2.75) is 39.8 Å². The lowest BCUT2D eigenvalue weighted by Crippen LogP contribution is -2.39. The van der Waals surface area contributed by atoms with Crippen molar-refractivity contribution < 1.29 is 4.79 Å². The zero-order valence-electron chi connectivity index (χ0n) is 11.0. The summed E-state index contributed by atoms with van der Waals surface area (Å²) >= 11 is 0. The van der Waals surface area contributed by atoms with Gasteiger partial charge in [-0.05, 0) is 31.9 Å². The Hall–Kier alpha value is -1.35. The number of rotatable bonds is 4. The molecule has 3 heteroatoms. The van der Waals surface area contributed by atoms with E-state index >= 15 is 0 Å². The Bertz CT molecular complexity index is 388. The van der Waals surface area contributed by atoms with Gasteiger partial charge >= 0.3 is 0 Å². The Balaban J connectivity index is 2.70. The molecular formula is C14H22N2O. The van der Waals surface area contributed by atoms with Crippen LogP contribution in [0.3, 0.4) is 0 Å². The third kappa shape index (κ3) is 3.56. The average Bonchev–Trinajstić information content (AvgIpc) is 2.28. The highest BCUT2D eigenvalue weighted by atomic mass is 16.1. The summed E-state index contributed by atoms with van der Waals surface area (Å²) in [5.41, 5.74) is 8.06. The van der Waals surface area contributed by atoms with Crippen LogP contribution in [0.4, 0.5) is 0 Å². The summed E-state index contributed by atoms with van der Waals surface area (Å²) in [6.45, 7) is 7.74. The molecule has 1 aromatic carbocycles. The maximum Gasteiger partial charge on any atom is 0.224 e. The molecule has 0 fully saturated rings. The fraction of sp³-hybridized carbons (Fsp3) is 0.500. The van der Waals surface area contributed by atoms with Crippen molar-refractivity contribution in [1.29, 1.82) is 0 Å². The highest BCUT2D eigenvalue weighted by Gasteiger charge is 2.19. The number of nitrogens with one attached hydrogen (secondary N) is 1. The van der Waals surface area contributed by atoms with Crippen molar-refractivity contribution in [2.24, 2.45) is 11.7 Å². The van der Waals surface area contributed by atoms with E-state index < -0.39 is 0 Å². The Kier molecular flexibility index (Phi) is 4.70. The van der Waals surface area contributed by atoms with Crippen LogP contribution in [0.1, 0.15) is 37.9 Å². The van der Waals surface area contributed by atoms with Gasteiger partial charge in [0.15, 0.2) is 0 Å². The zero-order chi connectivity index (χ0) is 13.0. The normalized spacial score (nSPS) is 16.1. The highest BCUT2D eigenvalue weighted by Crippen LogP contribution is 2.17. The summed E-state index contributed by atoms with van der Waals surface area (Å²) in [5.74, 6) is -0.155. The van der Waals surface area contributed by atoms with Crippen molar-refractivity contribution in [1.82, 2.24) is 5.32 Å². The van der Waals surface area contributed by atoms with Gasteiger partial charge in [0.05, 0.1) is 6.04 Å². The van der Waals surface area contributed by atoms with Crippen LogP contribution in [0.2, 0.25) is 0 Å². The van der Waals surface area contributed by atoms with Gasteiger partial charge in [0.25, 0.3) is 0 Å². The van der Waals surface area contributed by atoms with Crippen molar-refractivity contribution in [3.05, 3.63) is 35.4 Å². The van der Waals surface area contributed by atoms with E-state index in [1.807, 2.05) is 52.0 Å². The lowest BCUT2D eigenvalue weighted by molar-refractivity contribution is -0.125. The first kappa shape index (κ1) is 13.7. The largest absolute Gasteiger partial charge is 0.349 e. The van der Waals surface area contributed by atoms with E-state index in [9.17, 15) is 4.79 Å². The molecule has 2 unspecified atom stereocenters. The molecule has 0 aromatic heterocycles. The quantitative estimate of drug-likeness (QED) is 0.838. The third-order valence-corrected chi connectivity index (χ3v) is 3.22. The minimum absolute atomic E-state index is 0.00996. The molecule has 3 atom stereocenters. The number of carbonyl (C=O) groups excluding carboxylic acids is 1. The molecule has 3 N–H and O–H groups in total. The maximum absolute atomic E-state index is 11.9. The van der Waals surface area contributed by atoms with Crippen LogP contribution in [0.15, 0.2) is 24.3 Å². The highest BCUT2D eigenvalue weighted by molar-refractivity contribution is 5.79. The number of benzene rings is 1. The van der Waals surface area contributed by atoms with Crippen LogP contribution in [0, 0.1) is 12.8 Å². The molecule has 0 radical (unpaired) electrons. The molecule has 0 spiro atoms. The summed E-state index contributed by atoms with van der Waals surface area (Å²) in [6, 6.07) is 7.96. The molecule has 1 rings (SSSR count). The SMILES string of the molecule is Cc1ccccc1[C@@H](C)NC(=O)C(C)C(C)N. The fourth-order valence-corrected chi connectivity index (χ4v) is 1.73. The van der Waals surface area contributed by atoms with Crippen LogP contribution in [0.25, 0.3) is 0 Å². The predicted molar refractivity (Wildman–Crippen MR) is 70.6 cm³/mol. The van der Waals surface area contributed by atoms with E-state index in [4.69, 9.17) is 5.73 Å². The molecule has 3 nitrogen and oxygen atoms in total. The summed E-state index contributed by atoms with van der Waals surface area (Å²) < 4.78 is 0. The smallest absolute Gasteiger partial charge is 0.224 e. The molecule has 0 saturated carbocycles. The Morgan fingerprint density at radius 3 is 2.35 bits per heavy atom. The Labute approximate surface area is 103 Å². The molecule has 0 aliphatic heterocycles. The number of hydrogen-bond donors (Lipinski definition) is 2. The molecule has 1 amide bonds. The summed E-state index contributed by atoms with van der Waals surface area (Å²) in [4.78, 5) is 11.9. The lowest BCUT2D eigenvalue weighted by atomic mass is 10.00. The van der Waals surface area contributed by atoms with Gasteiger partial charge < -0.3 is 11.1 Å². The molecule has 94 valence electrons. The van der Waals surface area contributed by atoms with Gasteiger partial charge in [0.2, 0.25) is 5.91 Å². The minimum Gasteiger partial charge on any atom is -0.349 e. The Morgan fingerprint density at radius 2 is 1.82 bits per heavy atom. The minimum atomic E-state index is -0.165. The van der Waals surface area contributed by atoms with Crippen molar-refractivity contribution in [3.63, 3.8) is 0 Å². The number of nitrogens with two attached hydrogens (primary N) is 1. The van der Waals surface area contributed by atoms with Gasteiger partial charge in [-0.1, -0.05) is 31.2 Å². The van der Waals surface area contributed by atoms with E-state index in [1.54, 1.807) is 0 Å². The van der Waals surface area contributed by atoms with Gasteiger partial charge in [-0.2, -0.15) is 0 Å². The van der Waals surface area contributed by atoms with E-state index in [1.165, 1.54) is 5.56 Å². The van der Waals surface area contributed by atoms with Gasteiger partial charge in [-0.3, -0.25) is 4.79 Å². The monoisotopic (exact) mass is 234 g/mol. The standard InChI is InChI=1S/C14H22N2O/c1-9-7-5-6-8-13(9)12(4)16-14(17)10(2)11(3)15/h5-8,10-12H,15H2,1-4H3,(H,16,17)/t10?,11?,12-/m1/s1. The first-order valence-corrected chi connectivity index (χ1v) is 6.05. The van der Waals surface area contributed by atoms with Crippen molar-refractivity contribution in [3.8, 4) is 0 Å². The average molecular weight is 234 g/mol. The van der Waals surface area contributed by atoms with Gasteiger partial charge in [0.1, 0.15) is 0 Å². The molecule has 0 aliphatic carbocycles. The van der Waals surface area contributed by atoms with Crippen molar-refractivity contribution >= 4 is 5.91 Å². The third-order valence-electron chi connectivity index (χ3n) is 3.22. The van der Waals surface area contributed by atoms with Crippen LogP contribution >= 0.6 is 0 Å². The van der Waals surface area contributed by atoms with Gasteiger partial charge in [-0.25, -0.2) is 0 Å². The predicted octanol–water partition coefficient (Wildman–Crippen LogP) is 2.16. The first-order valence-electron chi connectivity index (χ1n) is 6.05. The van der Waals surface area contributed by atoms with Gasteiger partial charge in [0, 0.05) is 12.0 Å². The summed E-state index contributed by atoms with van der Waals surface area (Å²) in [7, 11) is 0. The Morgan fingerprint density at radius 1 is 1.24 bits per heavy atom. The summed E-state index contributed by atoms with van der Waals surface area (Å²) in [6.07, 6.45) is 0. The molecule has 0 aliphatic rings. The molecule has 0 saturated heterocycles. The van der Waals surface area contributed by atoms with Crippen LogP contribution in [-0.2, 0) is 4.79 Å². The molecule has 17 heavy (non-hydrogen) atoms. The second-order valence-electron chi connectivity index (χ2n) is 4.73. The van der Waals surface area contributed by atoms with E-state index in [0.29, 0.717) is 0 Å². The van der Waals surface area contributed by atoms with Crippen molar-refractivity contribution in [2.75, 3.05) is 0 Å². The molecule has 0 heterocycles. The second-order valence-corrected chi connectivity index (χ2v) is 4.73. The number of hydrogen-bond acceptors (Lipinski definition) is 2. The number of aryl methyl sites for hydroxylation is 1. The van der Waals surface area contributed by atoms with E-state index in [-0.39, 0.29) is 23.9 Å². The fourth-order valence-electron chi connectivity index (χ4n) is 1.73. The second kappa shape index (κ2) is 5.82. The molecular weight excluding hydrogens is 212 g/mol. The van der Waals surface area contributed by atoms with Crippen LogP contribution in [0.5, 0.6) is 0 Å². The van der Waals surface area contributed by atoms with E-state index in [0.717, 1.165) is 5.56 Å². The zero-order valence-corrected chi connectivity index (χ0v) is 11.0. The first-order chi connectivity index (χ1) is 7.93. The lowest BCUT2D eigenvalue weighted by Gasteiger charge is -2.21. The van der Waals surface area contributed by atoms with Gasteiger partial charge in [-0.15, -0.1) is 0 Å². The number of carbonyl (C=O) groups is 1. The summed E-state index contributed by atoms with van der Waals surface area (Å²) in [5, 5.41) is 3.00. The maximum atomic E-state index is 11.9.